The van der Waals surface area contributed by atoms with E-state index in [-0.39, 0.29) is 0 Å². The van der Waals surface area contributed by atoms with Crippen molar-refractivity contribution in [2.45, 2.75) is 57.9 Å². The summed E-state index contributed by atoms with van der Waals surface area (Å²) < 4.78 is 2.10. The number of hydrogen-bond donors (Lipinski definition) is 0. The number of aryl methyl sites for hydroxylation is 1. The number of nitrogens with zero attached hydrogens (tertiary/aromatic N) is 3. The predicted molar refractivity (Wildman–Crippen MR) is 61.1 cm³/mol. The summed E-state index contributed by atoms with van der Waals surface area (Å²) in [7, 11) is 0. The Kier molecular flexibility index (Phi) is 3.62. The molecule has 0 saturated heterocycles. The molecule has 84 valence electrons. The van der Waals surface area contributed by atoms with E-state index in [0.29, 0.717) is 11.3 Å². The standard InChI is InChI=1S/C11H18ClN3/c1-9-13-14-11(12)15(9)10-7-5-3-2-4-6-8-10/h10H,2-8H2,1H3. The molecule has 1 heterocycles. The lowest BCUT2D eigenvalue weighted by Crippen LogP contribution is -2.12. The minimum Gasteiger partial charge on any atom is -0.299 e. The second-order valence-corrected chi connectivity index (χ2v) is 4.72. The van der Waals surface area contributed by atoms with E-state index in [0.717, 1.165) is 5.82 Å². The quantitative estimate of drug-likeness (QED) is 0.735. The van der Waals surface area contributed by atoms with Crippen molar-refractivity contribution < 1.29 is 0 Å². The van der Waals surface area contributed by atoms with E-state index in [4.69, 9.17) is 11.6 Å². The van der Waals surface area contributed by atoms with E-state index in [1.54, 1.807) is 0 Å². The molecule has 0 bridgehead atoms. The molecule has 0 N–H and O–H groups in total. The van der Waals surface area contributed by atoms with E-state index in [2.05, 4.69) is 14.8 Å². The molecule has 0 aromatic carbocycles. The lowest BCUT2D eigenvalue weighted by Gasteiger charge is -2.22. The van der Waals surface area contributed by atoms with Crippen molar-refractivity contribution in [2.75, 3.05) is 0 Å². The van der Waals surface area contributed by atoms with E-state index < -0.39 is 0 Å². The van der Waals surface area contributed by atoms with Crippen LogP contribution in [0.25, 0.3) is 0 Å². The maximum absolute atomic E-state index is 6.06. The average Bonchev–Trinajstić information content (AvgIpc) is 2.48. The Hall–Kier alpha value is -0.570. The first-order chi connectivity index (χ1) is 7.29. The van der Waals surface area contributed by atoms with Crippen LogP contribution in [0.2, 0.25) is 5.28 Å². The Morgan fingerprint density at radius 1 is 1.07 bits per heavy atom. The molecule has 0 spiro atoms. The van der Waals surface area contributed by atoms with Crippen LogP contribution in [0.4, 0.5) is 0 Å². The predicted octanol–water partition coefficient (Wildman–Crippen LogP) is 3.53. The number of aromatic nitrogens is 3. The first kappa shape index (κ1) is 10.9. The van der Waals surface area contributed by atoms with Gasteiger partial charge in [-0.05, 0) is 31.4 Å². The van der Waals surface area contributed by atoms with Gasteiger partial charge in [-0.3, -0.25) is 4.57 Å². The Morgan fingerprint density at radius 3 is 2.20 bits per heavy atom. The van der Waals surface area contributed by atoms with Crippen LogP contribution in [0.3, 0.4) is 0 Å². The van der Waals surface area contributed by atoms with E-state index >= 15 is 0 Å². The topological polar surface area (TPSA) is 30.7 Å². The summed E-state index contributed by atoms with van der Waals surface area (Å²) in [6.07, 6.45) is 9.15. The highest BCUT2D eigenvalue weighted by Gasteiger charge is 2.18. The largest absolute Gasteiger partial charge is 0.299 e. The summed E-state index contributed by atoms with van der Waals surface area (Å²) in [6.45, 7) is 1.98. The molecule has 2 rings (SSSR count). The van der Waals surface area contributed by atoms with Gasteiger partial charge in [0.05, 0.1) is 0 Å². The lowest BCUT2D eigenvalue weighted by atomic mass is 9.96. The average molecular weight is 228 g/mol. The molecule has 1 aromatic heterocycles. The first-order valence-electron chi connectivity index (χ1n) is 5.86. The third-order valence-electron chi connectivity index (χ3n) is 3.26. The molecule has 0 atom stereocenters. The Morgan fingerprint density at radius 2 is 1.67 bits per heavy atom. The molecule has 0 aliphatic heterocycles. The molecule has 1 aliphatic carbocycles. The summed E-state index contributed by atoms with van der Waals surface area (Å²) in [6, 6.07) is 0.521. The number of halogens is 1. The lowest BCUT2D eigenvalue weighted by molar-refractivity contribution is 0.367. The van der Waals surface area contributed by atoms with Crippen LogP contribution in [0.15, 0.2) is 0 Å². The zero-order chi connectivity index (χ0) is 10.7. The van der Waals surface area contributed by atoms with Crippen molar-refractivity contribution in [3.63, 3.8) is 0 Å². The molecule has 1 saturated carbocycles. The van der Waals surface area contributed by atoms with E-state index in [1.165, 1.54) is 44.9 Å². The van der Waals surface area contributed by atoms with Gasteiger partial charge in [0.2, 0.25) is 5.28 Å². The van der Waals surface area contributed by atoms with Gasteiger partial charge in [-0.15, -0.1) is 10.2 Å². The number of rotatable bonds is 1. The molecule has 0 radical (unpaired) electrons. The van der Waals surface area contributed by atoms with Gasteiger partial charge >= 0.3 is 0 Å². The van der Waals surface area contributed by atoms with Gasteiger partial charge in [0, 0.05) is 6.04 Å². The maximum Gasteiger partial charge on any atom is 0.225 e. The van der Waals surface area contributed by atoms with Gasteiger partial charge in [-0.1, -0.05) is 32.1 Å². The molecule has 1 aliphatic rings. The fraction of sp³-hybridized carbons (Fsp3) is 0.818. The SMILES string of the molecule is Cc1nnc(Cl)n1C1CCCCCCC1. The monoisotopic (exact) mass is 227 g/mol. The highest BCUT2D eigenvalue weighted by Crippen LogP contribution is 2.29. The summed E-state index contributed by atoms with van der Waals surface area (Å²) >= 11 is 6.06. The minimum absolute atomic E-state index is 0.521. The zero-order valence-corrected chi connectivity index (χ0v) is 10.0. The van der Waals surface area contributed by atoms with Crippen LogP contribution in [-0.4, -0.2) is 14.8 Å². The van der Waals surface area contributed by atoms with Crippen LogP contribution >= 0.6 is 11.6 Å². The van der Waals surface area contributed by atoms with Crippen molar-refractivity contribution in [1.82, 2.24) is 14.8 Å². The van der Waals surface area contributed by atoms with Gasteiger partial charge in [0.15, 0.2) is 0 Å². The molecular formula is C11H18ClN3. The molecule has 1 fully saturated rings. The van der Waals surface area contributed by atoms with Crippen molar-refractivity contribution >= 4 is 11.6 Å². The highest BCUT2D eigenvalue weighted by atomic mass is 35.5. The van der Waals surface area contributed by atoms with Gasteiger partial charge < -0.3 is 0 Å². The molecule has 15 heavy (non-hydrogen) atoms. The van der Waals surface area contributed by atoms with Crippen LogP contribution in [0.1, 0.15) is 56.8 Å². The summed E-state index contributed by atoms with van der Waals surface area (Å²) in [5, 5.41) is 8.50. The first-order valence-corrected chi connectivity index (χ1v) is 6.24. The third kappa shape index (κ3) is 2.51. The van der Waals surface area contributed by atoms with Crippen LogP contribution < -0.4 is 0 Å². The summed E-state index contributed by atoms with van der Waals surface area (Å²) in [5.74, 6) is 0.950. The molecule has 3 nitrogen and oxygen atoms in total. The van der Waals surface area contributed by atoms with Crippen LogP contribution in [-0.2, 0) is 0 Å². The molecular weight excluding hydrogens is 210 g/mol. The summed E-state index contributed by atoms with van der Waals surface area (Å²) in [4.78, 5) is 0. The number of hydrogen-bond acceptors (Lipinski definition) is 2. The smallest absolute Gasteiger partial charge is 0.225 e. The fourth-order valence-corrected chi connectivity index (χ4v) is 2.75. The Labute approximate surface area is 95.8 Å². The zero-order valence-electron chi connectivity index (χ0n) is 9.25. The Bertz CT molecular complexity index is 294. The van der Waals surface area contributed by atoms with Gasteiger partial charge in [0.25, 0.3) is 0 Å². The van der Waals surface area contributed by atoms with E-state index in [1.807, 2.05) is 6.92 Å². The molecule has 1 aromatic rings. The fourth-order valence-electron chi connectivity index (χ4n) is 2.45. The second kappa shape index (κ2) is 4.97. The normalized spacial score (nSPS) is 19.9. The van der Waals surface area contributed by atoms with Gasteiger partial charge in [0.1, 0.15) is 5.82 Å². The second-order valence-electron chi connectivity index (χ2n) is 4.39. The van der Waals surface area contributed by atoms with Crippen LogP contribution in [0, 0.1) is 6.92 Å². The Balaban J connectivity index is 2.13. The van der Waals surface area contributed by atoms with E-state index in [9.17, 15) is 0 Å². The summed E-state index contributed by atoms with van der Waals surface area (Å²) in [5.41, 5.74) is 0. The maximum atomic E-state index is 6.06. The molecule has 4 heteroatoms. The minimum atomic E-state index is 0.521. The van der Waals surface area contributed by atoms with Crippen LogP contribution in [0.5, 0.6) is 0 Å². The van der Waals surface area contributed by atoms with Crippen molar-refractivity contribution in [3.05, 3.63) is 11.1 Å². The van der Waals surface area contributed by atoms with Crippen molar-refractivity contribution in [2.24, 2.45) is 0 Å². The highest BCUT2D eigenvalue weighted by molar-refractivity contribution is 6.28. The van der Waals surface area contributed by atoms with Crippen molar-refractivity contribution in [3.8, 4) is 0 Å². The molecule has 0 unspecified atom stereocenters. The van der Waals surface area contributed by atoms with Crippen molar-refractivity contribution in [1.29, 1.82) is 0 Å². The molecule has 0 amide bonds. The third-order valence-corrected chi connectivity index (χ3v) is 3.52. The van der Waals surface area contributed by atoms with Gasteiger partial charge in [-0.2, -0.15) is 0 Å². The van der Waals surface area contributed by atoms with Gasteiger partial charge in [-0.25, -0.2) is 0 Å².